The van der Waals surface area contributed by atoms with Gasteiger partial charge in [0, 0.05) is 30.1 Å². The summed E-state index contributed by atoms with van der Waals surface area (Å²) >= 11 is 0. The molecule has 2 aromatic rings. The summed E-state index contributed by atoms with van der Waals surface area (Å²) in [7, 11) is 0. The minimum atomic E-state index is 0.112. The fourth-order valence-electron chi connectivity index (χ4n) is 4.49. The predicted molar refractivity (Wildman–Crippen MR) is 103 cm³/mol. The van der Waals surface area contributed by atoms with Crippen LogP contribution >= 0.6 is 0 Å². The second kappa shape index (κ2) is 7.34. The van der Waals surface area contributed by atoms with Crippen molar-refractivity contribution >= 4 is 5.78 Å². The van der Waals surface area contributed by atoms with Crippen LogP contribution in [0.5, 0.6) is 0 Å². The fraction of sp³-hybridized carbons (Fsp3) is 0.435. The van der Waals surface area contributed by atoms with Crippen molar-refractivity contribution in [2.75, 3.05) is 13.2 Å². The lowest BCUT2D eigenvalue weighted by atomic mass is 9.79. The molecule has 0 radical (unpaired) electrons. The van der Waals surface area contributed by atoms with Crippen molar-refractivity contribution in [1.82, 2.24) is 4.90 Å². The predicted octanol–water partition coefficient (Wildman–Crippen LogP) is 4.17. The van der Waals surface area contributed by atoms with Crippen molar-refractivity contribution in [3.05, 3.63) is 70.8 Å². The number of piperidine rings is 1. The minimum absolute atomic E-state index is 0.112. The van der Waals surface area contributed by atoms with Gasteiger partial charge in [-0.1, -0.05) is 48.5 Å². The molecule has 0 N–H and O–H groups in total. The molecule has 0 amide bonds. The Bertz CT molecular complexity index is 772. The lowest BCUT2D eigenvalue weighted by Gasteiger charge is -2.48. The molecule has 136 valence electrons. The molecule has 2 bridgehead atoms. The third kappa shape index (κ3) is 3.34. The average molecular weight is 349 g/mol. The topological polar surface area (TPSA) is 29.5 Å². The van der Waals surface area contributed by atoms with Gasteiger partial charge in [-0.2, -0.15) is 0 Å². The number of ether oxygens (including phenoxy) is 1. The molecular formula is C23H27NO2. The first kappa shape index (κ1) is 17.4. The van der Waals surface area contributed by atoms with Crippen molar-refractivity contribution in [3.63, 3.8) is 0 Å². The van der Waals surface area contributed by atoms with Crippen molar-refractivity contribution in [2.24, 2.45) is 5.92 Å². The summed E-state index contributed by atoms with van der Waals surface area (Å²) < 4.78 is 5.83. The van der Waals surface area contributed by atoms with Gasteiger partial charge in [0.15, 0.2) is 5.78 Å². The number of carbonyl (C=O) groups is 1. The van der Waals surface area contributed by atoms with Crippen LogP contribution in [0.4, 0.5) is 0 Å². The second-order valence-electron chi connectivity index (χ2n) is 7.78. The Morgan fingerprint density at radius 3 is 2.38 bits per heavy atom. The highest BCUT2D eigenvalue weighted by molar-refractivity contribution is 5.99. The quantitative estimate of drug-likeness (QED) is 0.776. The summed E-state index contributed by atoms with van der Waals surface area (Å²) in [4.78, 5) is 15.8. The summed E-state index contributed by atoms with van der Waals surface area (Å²) in [5, 5.41) is 0. The molecule has 4 rings (SSSR count). The normalized spacial score (nSPS) is 25.8. The minimum Gasteiger partial charge on any atom is -0.378 e. The van der Waals surface area contributed by atoms with Gasteiger partial charge < -0.3 is 4.74 Å². The van der Waals surface area contributed by atoms with E-state index in [0.717, 1.165) is 43.7 Å². The van der Waals surface area contributed by atoms with Gasteiger partial charge in [0.05, 0.1) is 13.2 Å². The van der Waals surface area contributed by atoms with Crippen molar-refractivity contribution in [2.45, 2.75) is 45.3 Å². The zero-order valence-electron chi connectivity index (χ0n) is 15.7. The summed E-state index contributed by atoms with van der Waals surface area (Å²) in [6.07, 6.45) is 1.80. The smallest absolute Gasteiger partial charge is 0.166 e. The molecular weight excluding hydrogens is 322 g/mol. The Balaban J connectivity index is 1.52. The van der Waals surface area contributed by atoms with Crippen LogP contribution < -0.4 is 0 Å². The number of hydrogen-bond donors (Lipinski definition) is 0. The van der Waals surface area contributed by atoms with E-state index in [1.54, 1.807) is 0 Å². The highest BCUT2D eigenvalue weighted by atomic mass is 16.5. The molecule has 2 heterocycles. The fourth-order valence-corrected chi connectivity index (χ4v) is 4.49. The average Bonchev–Trinajstić information content (AvgIpc) is 2.64. The molecule has 3 heteroatoms. The molecule has 2 fully saturated rings. The summed E-state index contributed by atoms with van der Waals surface area (Å²) in [5.41, 5.74) is 4.57. The second-order valence-corrected chi connectivity index (χ2v) is 7.78. The number of aryl methyl sites for hydroxylation is 1. The van der Waals surface area contributed by atoms with Crippen molar-refractivity contribution in [3.8, 4) is 0 Å². The van der Waals surface area contributed by atoms with Crippen LogP contribution in [0.15, 0.2) is 48.5 Å². The van der Waals surface area contributed by atoms with E-state index in [0.29, 0.717) is 17.9 Å². The Morgan fingerprint density at radius 2 is 1.69 bits per heavy atom. The zero-order chi connectivity index (χ0) is 18.1. The first-order valence-corrected chi connectivity index (χ1v) is 9.61. The van der Waals surface area contributed by atoms with Crippen LogP contribution in [0.2, 0.25) is 0 Å². The highest BCUT2D eigenvalue weighted by Gasteiger charge is 2.41. The first-order valence-electron chi connectivity index (χ1n) is 9.61. The van der Waals surface area contributed by atoms with Gasteiger partial charge in [0.25, 0.3) is 0 Å². The van der Waals surface area contributed by atoms with E-state index in [2.05, 4.69) is 55.1 Å². The number of hydrogen-bond acceptors (Lipinski definition) is 3. The number of morpholine rings is 1. The van der Waals surface area contributed by atoms with Gasteiger partial charge in [-0.3, -0.25) is 9.69 Å². The third-order valence-electron chi connectivity index (χ3n) is 6.12. The maximum atomic E-state index is 13.2. The molecule has 0 spiro atoms. The van der Waals surface area contributed by atoms with Crippen molar-refractivity contribution < 1.29 is 9.53 Å². The van der Waals surface area contributed by atoms with Crippen LogP contribution in [0, 0.1) is 19.8 Å². The molecule has 2 saturated heterocycles. The first-order chi connectivity index (χ1) is 12.6. The highest BCUT2D eigenvalue weighted by Crippen LogP contribution is 2.35. The Hall–Kier alpha value is -1.97. The van der Waals surface area contributed by atoms with E-state index in [1.165, 1.54) is 11.1 Å². The van der Waals surface area contributed by atoms with Gasteiger partial charge in [-0.05, 0) is 43.4 Å². The zero-order valence-corrected chi connectivity index (χ0v) is 15.7. The summed E-state index contributed by atoms with van der Waals surface area (Å²) in [6.45, 7) is 6.57. The molecule has 2 atom stereocenters. The third-order valence-corrected chi connectivity index (χ3v) is 6.12. The summed E-state index contributed by atoms with van der Waals surface area (Å²) in [6, 6.07) is 17.4. The van der Waals surface area contributed by atoms with Crippen LogP contribution in [0.25, 0.3) is 0 Å². The van der Waals surface area contributed by atoms with Crippen LogP contribution in [-0.4, -0.2) is 36.0 Å². The van der Waals surface area contributed by atoms with E-state index < -0.39 is 0 Å². The van der Waals surface area contributed by atoms with E-state index in [1.807, 2.05) is 12.1 Å². The molecule has 0 aliphatic carbocycles. The van der Waals surface area contributed by atoms with Crippen LogP contribution in [-0.2, 0) is 11.3 Å². The number of nitrogens with zero attached hydrogens (tertiary/aromatic N) is 1. The van der Waals surface area contributed by atoms with E-state index in [9.17, 15) is 4.79 Å². The maximum absolute atomic E-state index is 13.2. The van der Waals surface area contributed by atoms with Crippen LogP contribution in [0.1, 0.15) is 39.9 Å². The molecule has 2 aliphatic rings. The van der Waals surface area contributed by atoms with Gasteiger partial charge in [0.1, 0.15) is 0 Å². The molecule has 26 heavy (non-hydrogen) atoms. The van der Waals surface area contributed by atoms with E-state index >= 15 is 0 Å². The Labute approximate surface area is 156 Å². The number of fused-ring (bicyclic) bond motifs is 2. The number of benzene rings is 2. The van der Waals surface area contributed by atoms with E-state index in [4.69, 9.17) is 4.74 Å². The maximum Gasteiger partial charge on any atom is 0.166 e. The summed E-state index contributed by atoms with van der Waals surface area (Å²) in [5.74, 6) is 0.434. The Kier molecular flexibility index (Phi) is 4.92. The van der Waals surface area contributed by atoms with Gasteiger partial charge in [0.2, 0.25) is 0 Å². The number of carbonyl (C=O) groups excluding carboxylic acids is 1. The van der Waals surface area contributed by atoms with Gasteiger partial charge in [-0.15, -0.1) is 0 Å². The SMILES string of the molecule is Cc1cccc(C(=O)C2CC3COCC(C2)N3Cc2ccccc2)c1C. The van der Waals surface area contributed by atoms with Crippen LogP contribution in [0.3, 0.4) is 0 Å². The van der Waals surface area contributed by atoms with E-state index in [-0.39, 0.29) is 5.92 Å². The molecule has 2 aliphatic heterocycles. The van der Waals surface area contributed by atoms with Gasteiger partial charge in [-0.25, -0.2) is 0 Å². The van der Waals surface area contributed by atoms with Gasteiger partial charge >= 0.3 is 0 Å². The number of Topliss-reactive ketones (excluding diaryl/α,β-unsaturated/α-hetero) is 1. The Morgan fingerprint density at radius 1 is 1.00 bits per heavy atom. The molecule has 0 saturated carbocycles. The molecule has 2 unspecified atom stereocenters. The number of ketones is 1. The standard InChI is InChI=1S/C23H27NO2/c1-16-7-6-10-22(17(16)2)23(25)19-11-20-14-26-15-21(12-19)24(20)13-18-8-4-3-5-9-18/h3-10,19-21H,11-15H2,1-2H3. The lowest BCUT2D eigenvalue weighted by molar-refractivity contribution is -0.0872. The molecule has 3 nitrogen and oxygen atoms in total. The van der Waals surface area contributed by atoms with Crippen molar-refractivity contribution in [1.29, 1.82) is 0 Å². The monoisotopic (exact) mass is 349 g/mol. The molecule has 0 aromatic heterocycles. The molecule has 2 aromatic carbocycles. The largest absolute Gasteiger partial charge is 0.378 e. The lowest BCUT2D eigenvalue weighted by Crippen LogP contribution is -2.57. The number of rotatable bonds is 4.